The highest BCUT2D eigenvalue weighted by Gasteiger charge is 2.38. The van der Waals surface area contributed by atoms with Crippen molar-refractivity contribution >= 4 is 0 Å². The van der Waals surface area contributed by atoms with Gasteiger partial charge in [-0.05, 0) is 6.54 Å². The van der Waals surface area contributed by atoms with Crippen molar-refractivity contribution in [2.75, 3.05) is 59.0 Å². The molecule has 1 atom stereocenters. The average molecular weight is 242 g/mol. The maximum absolute atomic E-state index is 9.31. The highest BCUT2D eigenvalue weighted by molar-refractivity contribution is 4.95. The maximum Gasteiger partial charge on any atom is 0.0864 e. The highest BCUT2D eigenvalue weighted by atomic mass is 16.3. The van der Waals surface area contributed by atoms with Crippen LogP contribution in [-0.4, -0.2) is 79.5 Å². The summed E-state index contributed by atoms with van der Waals surface area (Å²) in [6, 6.07) is 0. The summed E-state index contributed by atoms with van der Waals surface area (Å²) >= 11 is 0. The predicted octanol–water partition coefficient (Wildman–Crippen LogP) is -1.10. The molecule has 5 heteroatoms. The minimum absolute atomic E-state index is 0.0210. The molecule has 5 nitrogen and oxygen atoms in total. The zero-order valence-corrected chi connectivity index (χ0v) is 10.9. The van der Waals surface area contributed by atoms with Gasteiger partial charge in [0.15, 0.2) is 0 Å². The number of nitrogens with one attached hydrogen (secondary N) is 2. The zero-order chi connectivity index (χ0) is 12.1. The Balaban J connectivity index is 1.96. The van der Waals surface area contributed by atoms with Crippen LogP contribution in [0.25, 0.3) is 0 Å². The topological polar surface area (TPSA) is 50.8 Å². The van der Waals surface area contributed by atoms with Gasteiger partial charge in [-0.25, -0.2) is 0 Å². The van der Waals surface area contributed by atoms with Gasteiger partial charge in [-0.15, -0.1) is 0 Å². The first-order valence-electron chi connectivity index (χ1n) is 6.85. The Morgan fingerprint density at radius 3 is 2.47 bits per heavy atom. The van der Waals surface area contributed by atoms with Crippen molar-refractivity contribution in [1.82, 2.24) is 20.4 Å². The summed E-state index contributed by atoms with van der Waals surface area (Å²) in [6.07, 6.45) is 0.812. The van der Waals surface area contributed by atoms with E-state index in [1.165, 1.54) is 0 Å². The van der Waals surface area contributed by atoms with Crippen molar-refractivity contribution in [2.45, 2.75) is 19.0 Å². The lowest BCUT2D eigenvalue weighted by Gasteiger charge is -2.50. The van der Waals surface area contributed by atoms with Crippen molar-refractivity contribution in [1.29, 1.82) is 0 Å². The van der Waals surface area contributed by atoms with Crippen molar-refractivity contribution in [3.05, 3.63) is 0 Å². The molecule has 0 amide bonds. The van der Waals surface area contributed by atoms with E-state index in [1.54, 1.807) is 0 Å². The summed E-state index contributed by atoms with van der Waals surface area (Å²) in [7, 11) is 0. The van der Waals surface area contributed by atoms with Crippen molar-refractivity contribution in [3.63, 3.8) is 0 Å². The largest absolute Gasteiger partial charge is 0.396 e. The van der Waals surface area contributed by atoms with E-state index in [1.807, 2.05) is 0 Å². The van der Waals surface area contributed by atoms with Gasteiger partial charge in [-0.1, -0.05) is 6.92 Å². The molecule has 0 aromatic rings. The second-order valence-electron chi connectivity index (χ2n) is 5.03. The van der Waals surface area contributed by atoms with Crippen LogP contribution in [0.1, 0.15) is 13.3 Å². The van der Waals surface area contributed by atoms with Gasteiger partial charge in [0.1, 0.15) is 0 Å². The Labute approximate surface area is 104 Å². The van der Waals surface area contributed by atoms with Gasteiger partial charge in [0, 0.05) is 58.8 Å². The Morgan fingerprint density at radius 1 is 1.18 bits per heavy atom. The van der Waals surface area contributed by atoms with Crippen molar-refractivity contribution in [2.24, 2.45) is 0 Å². The second-order valence-corrected chi connectivity index (χ2v) is 5.03. The lowest BCUT2D eigenvalue weighted by Crippen LogP contribution is -2.71. The molecule has 0 aromatic heterocycles. The first-order valence-corrected chi connectivity index (χ1v) is 6.85. The molecular weight excluding hydrogens is 216 g/mol. The van der Waals surface area contributed by atoms with Gasteiger partial charge in [-0.3, -0.25) is 10.2 Å². The van der Waals surface area contributed by atoms with E-state index in [-0.39, 0.29) is 12.3 Å². The number of likely N-dealkylation sites (N-methyl/N-ethyl adjacent to an activating group) is 1. The molecule has 2 saturated heterocycles. The van der Waals surface area contributed by atoms with E-state index < -0.39 is 0 Å². The molecule has 0 radical (unpaired) electrons. The molecule has 0 aliphatic carbocycles. The minimum atomic E-state index is -0.0210. The molecule has 0 aromatic carbocycles. The van der Waals surface area contributed by atoms with E-state index in [0.717, 1.165) is 58.8 Å². The van der Waals surface area contributed by atoms with Crippen molar-refractivity contribution < 1.29 is 5.11 Å². The normalized spacial score (nSPS) is 32.8. The van der Waals surface area contributed by atoms with Crippen LogP contribution in [0.5, 0.6) is 0 Å². The second kappa shape index (κ2) is 6.11. The fraction of sp³-hybridized carbons (Fsp3) is 1.00. The van der Waals surface area contributed by atoms with Crippen LogP contribution in [0.4, 0.5) is 0 Å². The highest BCUT2D eigenvalue weighted by Crippen LogP contribution is 2.19. The lowest BCUT2D eigenvalue weighted by atomic mass is 10.0. The van der Waals surface area contributed by atoms with Crippen LogP contribution >= 0.6 is 0 Å². The monoisotopic (exact) mass is 242 g/mol. The zero-order valence-electron chi connectivity index (χ0n) is 10.9. The molecular formula is C12H26N4O. The number of hydrogen-bond donors (Lipinski definition) is 3. The van der Waals surface area contributed by atoms with Gasteiger partial charge in [0.2, 0.25) is 0 Å². The standard InChI is InChI=1S/C12H26N4O/c1-2-15-6-8-16(9-7-15)12(3-10-17)11-13-4-5-14-12/h13-14,17H,2-11H2,1H3. The summed E-state index contributed by atoms with van der Waals surface area (Å²) in [4.78, 5) is 5.00. The third kappa shape index (κ3) is 2.98. The van der Waals surface area contributed by atoms with E-state index in [4.69, 9.17) is 0 Å². The van der Waals surface area contributed by atoms with E-state index >= 15 is 0 Å². The van der Waals surface area contributed by atoms with Crippen LogP contribution in [0, 0.1) is 0 Å². The number of rotatable bonds is 4. The molecule has 2 aliphatic heterocycles. The summed E-state index contributed by atoms with van der Waals surface area (Å²) in [5.74, 6) is 0. The predicted molar refractivity (Wildman–Crippen MR) is 69.0 cm³/mol. The van der Waals surface area contributed by atoms with E-state index in [9.17, 15) is 5.11 Å². The number of piperazine rings is 2. The SMILES string of the molecule is CCN1CCN(C2(CCO)CNCCN2)CC1. The van der Waals surface area contributed by atoms with Gasteiger partial charge in [0.05, 0.1) is 5.66 Å². The Kier molecular flexibility index (Phi) is 4.76. The van der Waals surface area contributed by atoms with Crippen molar-refractivity contribution in [3.8, 4) is 0 Å². The molecule has 100 valence electrons. The van der Waals surface area contributed by atoms with Gasteiger partial charge >= 0.3 is 0 Å². The van der Waals surface area contributed by atoms with Crippen LogP contribution in [0.15, 0.2) is 0 Å². The minimum Gasteiger partial charge on any atom is -0.396 e. The van der Waals surface area contributed by atoms with Crippen LogP contribution in [-0.2, 0) is 0 Å². The van der Waals surface area contributed by atoms with Gasteiger partial charge in [-0.2, -0.15) is 0 Å². The molecule has 0 saturated carbocycles. The molecule has 2 fully saturated rings. The van der Waals surface area contributed by atoms with E-state index in [2.05, 4.69) is 27.4 Å². The van der Waals surface area contributed by atoms with Gasteiger partial charge in [0.25, 0.3) is 0 Å². The molecule has 0 bridgehead atoms. The summed E-state index contributed by atoms with van der Waals surface area (Å²) in [5.41, 5.74) is -0.0210. The van der Waals surface area contributed by atoms with Crippen LogP contribution in [0.2, 0.25) is 0 Å². The summed E-state index contributed by atoms with van der Waals surface area (Å²) < 4.78 is 0. The third-order valence-electron chi connectivity index (χ3n) is 4.12. The summed E-state index contributed by atoms with van der Waals surface area (Å²) in [5, 5.41) is 16.4. The van der Waals surface area contributed by atoms with E-state index in [0.29, 0.717) is 0 Å². The number of nitrogens with zero attached hydrogens (tertiary/aromatic N) is 2. The molecule has 2 rings (SSSR count). The lowest BCUT2D eigenvalue weighted by molar-refractivity contribution is -0.0132. The number of aliphatic hydroxyl groups is 1. The molecule has 1 unspecified atom stereocenters. The average Bonchev–Trinajstić information content (AvgIpc) is 2.40. The fourth-order valence-corrected chi connectivity index (χ4v) is 2.98. The summed E-state index contributed by atoms with van der Waals surface area (Å²) in [6.45, 7) is 11.1. The molecule has 3 N–H and O–H groups in total. The Bertz CT molecular complexity index is 217. The first-order chi connectivity index (χ1) is 8.30. The quantitative estimate of drug-likeness (QED) is 0.584. The fourth-order valence-electron chi connectivity index (χ4n) is 2.98. The third-order valence-corrected chi connectivity index (χ3v) is 4.12. The Hall–Kier alpha value is -0.200. The Morgan fingerprint density at radius 2 is 1.94 bits per heavy atom. The first kappa shape index (κ1) is 13.2. The molecule has 17 heavy (non-hydrogen) atoms. The van der Waals surface area contributed by atoms with Crippen LogP contribution < -0.4 is 10.6 Å². The number of hydrogen-bond acceptors (Lipinski definition) is 5. The molecule has 2 heterocycles. The maximum atomic E-state index is 9.31. The number of aliphatic hydroxyl groups excluding tert-OH is 1. The molecule has 0 spiro atoms. The van der Waals surface area contributed by atoms with Crippen LogP contribution in [0.3, 0.4) is 0 Å². The smallest absolute Gasteiger partial charge is 0.0864 e. The van der Waals surface area contributed by atoms with Gasteiger partial charge < -0.3 is 15.3 Å². The molecule has 2 aliphatic rings.